The zero-order chi connectivity index (χ0) is 16.3. The molecule has 0 aliphatic carbocycles. The van der Waals surface area contributed by atoms with Crippen LogP contribution in [0.3, 0.4) is 0 Å². The number of nitrogens with two attached hydrogens (primary N) is 2. The molecule has 24 heavy (non-hydrogen) atoms. The van der Waals surface area contributed by atoms with Crippen molar-refractivity contribution in [2.24, 2.45) is 16.8 Å². The van der Waals surface area contributed by atoms with E-state index in [2.05, 4.69) is 4.90 Å². The molecule has 0 saturated carbocycles. The van der Waals surface area contributed by atoms with Gasteiger partial charge >= 0.3 is 0 Å². The predicted octanol–water partition coefficient (Wildman–Crippen LogP) is 0.421. The van der Waals surface area contributed by atoms with Crippen molar-refractivity contribution in [1.82, 2.24) is 4.90 Å². The Kier molecular flexibility index (Phi) is 9.01. The lowest BCUT2D eigenvalue weighted by molar-refractivity contribution is -0.134. The van der Waals surface area contributed by atoms with Crippen LogP contribution in [-0.2, 0) is 14.8 Å². The number of halogens is 2. The number of hydrogen-bond donors (Lipinski definition) is 2. The summed E-state index contributed by atoms with van der Waals surface area (Å²) in [4.78, 5) is 16.1. The Balaban J connectivity index is 0.00000264. The lowest BCUT2D eigenvalue weighted by atomic mass is 10.1. The average Bonchev–Trinajstić information content (AvgIpc) is 2.53. The standard InChI is InChI=1S/C14H22N4O3S.2ClH/c1-11(10-15)14(19)18-8-6-17(7-9-18)12-2-4-13(5-3-12)22(16,20)21;;/h2-5,11H,6-10,15H2,1H3,(H2,16,20,21);2*1H. The topological polar surface area (TPSA) is 110 Å². The average molecular weight is 399 g/mol. The monoisotopic (exact) mass is 398 g/mol. The fraction of sp³-hybridized carbons (Fsp3) is 0.500. The van der Waals surface area contributed by atoms with E-state index in [4.69, 9.17) is 10.9 Å². The summed E-state index contributed by atoms with van der Waals surface area (Å²) in [5.74, 6) is -0.0627. The molecule has 1 aromatic rings. The molecule has 1 aromatic carbocycles. The second kappa shape index (κ2) is 9.43. The summed E-state index contributed by atoms with van der Waals surface area (Å²) in [6.07, 6.45) is 0. The van der Waals surface area contributed by atoms with Crippen LogP contribution in [0.4, 0.5) is 5.69 Å². The van der Waals surface area contributed by atoms with Gasteiger partial charge in [0.25, 0.3) is 0 Å². The molecule has 0 radical (unpaired) electrons. The summed E-state index contributed by atoms with van der Waals surface area (Å²) in [5, 5.41) is 5.08. The second-order valence-electron chi connectivity index (χ2n) is 5.49. The highest BCUT2D eigenvalue weighted by Gasteiger charge is 2.24. The Morgan fingerprint density at radius 2 is 1.62 bits per heavy atom. The van der Waals surface area contributed by atoms with Crippen LogP contribution in [0.15, 0.2) is 29.2 Å². The Morgan fingerprint density at radius 1 is 1.12 bits per heavy atom. The lowest BCUT2D eigenvalue weighted by Crippen LogP contribution is -2.50. The first-order chi connectivity index (χ1) is 10.3. The molecule has 1 aliphatic heterocycles. The van der Waals surface area contributed by atoms with Crippen molar-refractivity contribution in [2.75, 3.05) is 37.6 Å². The van der Waals surface area contributed by atoms with Crippen molar-refractivity contribution in [1.29, 1.82) is 0 Å². The van der Waals surface area contributed by atoms with Crippen LogP contribution in [0.5, 0.6) is 0 Å². The molecule has 0 aromatic heterocycles. The van der Waals surface area contributed by atoms with Gasteiger partial charge in [-0.25, -0.2) is 13.6 Å². The highest BCUT2D eigenvalue weighted by atomic mass is 35.5. The van der Waals surface area contributed by atoms with E-state index < -0.39 is 10.0 Å². The minimum absolute atomic E-state index is 0. The number of carbonyl (C=O) groups excluding carboxylic acids is 1. The van der Waals surface area contributed by atoms with E-state index >= 15 is 0 Å². The van der Waals surface area contributed by atoms with Crippen LogP contribution in [0.1, 0.15) is 6.92 Å². The van der Waals surface area contributed by atoms with Crippen molar-refractivity contribution >= 4 is 46.4 Å². The summed E-state index contributed by atoms with van der Waals surface area (Å²) in [7, 11) is -3.67. The Hall–Kier alpha value is -1.06. The number of benzene rings is 1. The second-order valence-corrected chi connectivity index (χ2v) is 7.05. The number of rotatable bonds is 4. The minimum Gasteiger partial charge on any atom is -0.368 e. The van der Waals surface area contributed by atoms with Gasteiger partial charge in [0, 0.05) is 44.3 Å². The van der Waals surface area contributed by atoms with E-state index in [1.165, 1.54) is 12.1 Å². The maximum Gasteiger partial charge on any atom is 0.238 e. The number of sulfonamides is 1. The highest BCUT2D eigenvalue weighted by Crippen LogP contribution is 2.19. The van der Waals surface area contributed by atoms with Crippen molar-refractivity contribution < 1.29 is 13.2 Å². The molecule has 138 valence electrons. The van der Waals surface area contributed by atoms with Gasteiger partial charge in [-0.15, -0.1) is 24.8 Å². The van der Waals surface area contributed by atoms with Gasteiger partial charge in [0.15, 0.2) is 0 Å². The Bertz CT molecular complexity index is 632. The van der Waals surface area contributed by atoms with Gasteiger partial charge < -0.3 is 15.5 Å². The van der Waals surface area contributed by atoms with E-state index in [0.717, 1.165) is 5.69 Å². The first-order valence-electron chi connectivity index (χ1n) is 7.19. The number of primary sulfonamides is 1. The highest BCUT2D eigenvalue weighted by molar-refractivity contribution is 7.89. The molecule has 4 N–H and O–H groups in total. The fourth-order valence-electron chi connectivity index (χ4n) is 2.44. The SMILES string of the molecule is CC(CN)C(=O)N1CCN(c2ccc(S(N)(=O)=O)cc2)CC1.Cl.Cl. The molecular formula is C14H24Cl2N4O3S. The first-order valence-corrected chi connectivity index (χ1v) is 8.74. The molecule has 1 saturated heterocycles. The number of carbonyl (C=O) groups is 1. The van der Waals surface area contributed by atoms with Gasteiger partial charge in [-0.05, 0) is 24.3 Å². The van der Waals surface area contributed by atoms with Crippen LogP contribution in [0, 0.1) is 5.92 Å². The molecule has 1 fully saturated rings. The Morgan fingerprint density at radius 3 is 2.04 bits per heavy atom. The van der Waals surface area contributed by atoms with E-state index in [1.54, 1.807) is 12.1 Å². The van der Waals surface area contributed by atoms with Gasteiger partial charge in [0.1, 0.15) is 0 Å². The number of hydrogen-bond acceptors (Lipinski definition) is 5. The van der Waals surface area contributed by atoms with Crippen LogP contribution in [0.25, 0.3) is 0 Å². The van der Waals surface area contributed by atoms with E-state index in [-0.39, 0.29) is 41.5 Å². The molecule has 0 bridgehead atoms. The largest absolute Gasteiger partial charge is 0.368 e. The lowest BCUT2D eigenvalue weighted by Gasteiger charge is -2.37. The van der Waals surface area contributed by atoms with Crippen molar-refractivity contribution in [3.05, 3.63) is 24.3 Å². The maximum absolute atomic E-state index is 12.1. The Labute approximate surface area is 155 Å². The van der Waals surface area contributed by atoms with Crippen LogP contribution < -0.4 is 15.8 Å². The molecule has 1 heterocycles. The summed E-state index contributed by atoms with van der Waals surface area (Å²) in [6.45, 7) is 4.88. The third-order valence-corrected chi connectivity index (χ3v) is 4.83. The number of anilines is 1. The van der Waals surface area contributed by atoms with Gasteiger partial charge in [-0.3, -0.25) is 4.79 Å². The van der Waals surface area contributed by atoms with Gasteiger partial charge in [-0.2, -0.15) is 0 Å². The van der Waals surface area contributed by atoms with Crippen molar-refractivity contribution in [2.45, 2.75) is 11.8 Å². The van der Waals surface area contributed by atoms with Crippen LogP contribution in [0.2, 0.25) is 0 Å². The molecule has 2 rings (SSSR count). The van der Waals surface area contributed by atoms with Crippen LogP contribution in [-0.4, -0.2) is 51.9 Å². The van der Waals surface area contributed by atoms with Crippen molar-refractivity contribution in [3.63, 3.8) is 0 Å². The van der Waals surface area contributed by atoms with Crippen molar-refractivity contribution in [3.8, 4) is 0 Å². The molecule has 1 atom stereocenters. The minimum atomic E-state index is -3.67. The number of amides is 1. The molecule has 1 unspecified atom stereocenters. The normalized spacial score (nSPS) is 16.0. The zero-order valence-electron chi connectivity index (χ0n) is 13.4. The molecule has 10 heteroatoms. The summed E-state index contributed by atoms with van der Waals surface area (Å²) in [6, 6.07) is 6.47. The van der Waals surface area contributed by atoms with E-state index in [1.807, 2.05) is 11.8 Å². The third kappa shape index (κ3) is 5.49. The van der Waals surface area contributed by atoms with Gasteiger partial charge in [0.05, 0.1) is 4.90 Å². The number of piperazine rings is 1. The van der Waals surface area contributed by atoms with Crippen LogP contribution >= 0.6 is 24.8 Å². The molecular weight excluding hydrogens is 375 g/mol. The quantitative estimate of drug-likeness (QED) is 0.763. The van der Waals surface area contributed by atoms with E-state index in [9.17, 15) is 13.2 Å². The van der Waals surface area contributed by atoms with E-state index in [0.29, 0.717) is 32.7 Å². The summed E-state index contributed by atoms with van der Waals surface area (Å²) < 4.78 is 22.5. The van der Waals surface area contributed by atoms with Gasteiger partial charge in [0.2, 0.25) is 15.9 Å². The molecule has 1 amide bonds. The molecule has 0 spiro atoms. The third-order valence-electron chi connectivity index (χ3n) is 3.90. The predicted molar refractivity (Wildman–Crippen MR) is 99.3 cm³/mol. The molecule has 1 aliphatic rings. The fourth-order valence-corrected chi connectivity index (χ4v) is 2.96. The first kappa shape index (κ1) is 22.9. The zero-order valence-corrected chi connectivity index (χ0v) is 15.9. The molecule has 7 nitrogen and oxygen atoms in total. The number of nitrogens with zero attached hydrogens (tertiary/aromatic N) is 2. The smallest absolute Gasteiger partial charge is 0.238 e. The summed E-state index contributed by atoms with van der Waals surface area (Å²) in [5.41, 5.74) is 6.45. The summed E-state index contributed by atoms with van der Waals surface area (Å²) >= 11 is 0. The maximum atomic E-state index is 12.1. The van der Waals surface area contributed by atoms with Gasteiger partial charge in [-0.1, -0.05) is 6.92 Å².